The van der Waals surface area contributed by atoms with E-state index in [4.69, 9.17) is 10.2 Å². The van der Waals surface area contributed by atoms with Crippen LogP contribution in [-0.2, 0) is 4.79 Å². The van der Waals surface area contributed by atoms with E-state index in [2.05, 4.69) is 5.32 Å². The summed E-state index contributed by atoms with van der Waals surface area (Å²) in [5.41, 5.74) is 0. The summed E-state index contributed by atoms with van der Waals surface area (Å²) in [6, 6.07) is -0.407. The van der Waals surface area contributed by atoms with Gasteiger partial charge in [0, 0.05) is 32.1 Å². The first-order chi connectivity index (χ1) is 9.31. The summed E-state index contributed by atoms with van der Waals surface area (Å²) in [4.78, 5) is 25.9. The largest absolute Gasteiger partial charge is 0.479 e. The van der Waals surface area contributed by atoms with Crippen molar-refractivity contribution in [1.29, 1.82) is 0 Å². The van der Waals surface area contributed by atoms with E-state index in [9.17, 15) is 14.7 Å². The van der Waals surface area contributed by atoms with Crippen LogP contribution in [0.5, 0.6) is 0 Å². The maximum absolute atomic E-state index is 12.0. The van der Waals surface area contributed by atoms with Crippen molar-refractivity contribution < 1.29 is 24.9 Å². The summed E-state index contributed by atoms with van der Waals surface area (Å²) in [5, 5.41) is 29.9. The SMILES string of the molecule is CN(C)CC1CC(O)CN1C(=O)NCC[C@H](O)C(=O)O. The van der Waals surface area contributed by atoms with Crippen LogP contribution in [0.3, 0.4) is 0 Å². The second-order valence-electron chi connectivity index (χ2n) is 5.33. The Labute approximate surface area is 118 Å². The summed E-state index contributed by atoms with van der Waals surface area (Å²) in [7, 11) is 3.79. The molecule has 0 aromatic heterocycles. The molecule has 8 heteroatoms. The standard InChI is InChI=1S/C12H23N3O5/c1-14(2)6-8-5-9(16)7-15(8)12(20)13-4-3-10(17)11(18)19/h8-10,16-17H,3-7H2,1-2H3,(H,13,20)(H,18,19)/t8?,9?,10-/m0/s1. The van der Waals surface area contributed by atoms with Crippen molar-refractivity contribution in [2.24, 2.45) is 0 Å². The van der Waals surface area contributed by atoms with Crippen LogP contribution in [0.1, 0.15) is 12.8 Å². The number of urea groups is 1. The number of hydrogen-bond donors (Lipinski definition) is 4. The highest BCUT2D eigenvalue weighted by atomic mass is 16.4. The third kappa shape index (κ3) is 4.95. The molecule has 0 aromatic rings. The monoisotopic (exact) mass is 289 g/mol. The van der Waals surface area contributed by atoms with Crippen LogP contribution >= 0.6 is 0 Å². The van der Waals surface area contributed by atoms with Gasteiger partial charge in [-0.15, -0.1) is 0 Å². The average Bonchev–Trinajstić information content (AvgIpc) is 2.68. The van der Waals surface area contributed by atoms with Crippen LogP contribution in [0.25, 0.3) is 0 Å². The van der Waals surface area contributed by atoms with Gasteiger partial charge in [0.05, 0.1) is 6.10 Å². The maximum Gasteiger partial charge on any atom is 0.332 e. The van der Waals surface area contributed by atoms with Gasteiger partial charge in [-0.1, -0.05) is 0 Å². The fourth-order valence-electron chi connectivity index (χ4n) is 2.28. The number of carbonyl (C=O) groups excluding carboxylic acids is 1. The molecular weight excluding hydrogens is 266 g/mol. The Kier molecular flexibility index (Phi) is 6.18. The van der Waals surface area contributed by atoms with E-state index >= 15 is 0 Å². The smallest absolute Gasteiger partial charge is 0.332 e. The highest BCUT2D eigenvalue weighted by molar-refractivity contribution is 5.75. The van der Waals surface area contributed by atoms with Gasteiger partial charge in [0.15, 0.2) is 6.10 Å². The van der Waals surface area contributed by atoms with Gasteiger partial charge in [-0.05, 0) is 20.5 Å². The van der Waals surface area contributed by atoms with Crippen LogP contribution in [-0.4, -0.2) is 89.1 Å². The molecule has 1 heterocycles. The van der Waals surface area contributed by atoms with Gasteiger partial charge in [-0.2, -0.15) is 0 Å². The van der Waals surface area contributed by atoms with E-state index in [1.165, 1.54) is 0 Å². The minimum Gasteiger partial charge on any atom is -0.479 e. The van der Waals surface area contributed by atoms with Crippen molar-refractivity contribution >= 4 is 12.0 Å². The molecule has 0 spiro atoms. The van der Waals surface area contributed by atoms with Gasteiger partial charge in [-0.3, -0.25) is 0 Å². The third-order valence-corrected chi connectivity index (χ3v) is 3.21. The minimum atomic E-state index is -1.47. The molecule has 1 rings (SSSR count). The zero-order valence-electron chi connectivity index (χ0n) is 11.8. The molecule has 4 N–H and O–H groups in total. The molecule has 0 bridgehead atoms. The number of aliphatic carboxylic acids is 1. The first kappa shape index (κ1) is 16.7. The lowest BCUT2D eigenvalue weighted by Crippen LogP contribution is -2.47. The number of aliphatic hydroxyl groups is 2. The van der Waals surface area contributed by atoms with Gasteiger partial charge >= 0.3 is 12.0 Å². The van der Waals surface area contributed by atoms with Gasteiger partial charge in [0.1, 0.15) is 0 Å². The normalized spacial score (nSPS) is 23.9. The van der Waals surface area contributed by atoms with Crippen molar-refractivity contribution in [3.8, 4) is 0 Å². The van der Waals surface area contributed by atoms with Gasteiger partial charge in [0.2, 0.25) is 0 Å². The van der Waals surface area contributed by atoms with Gasteiger partial charge in [-0.25, -0.2) is 9.59 Å². The Morgan fingerprint density at radius 1 is 1.45 bits per heavy atom. The molecule has 116 valence electrons. The van der Waals surface area contributed by atoms with Crippen molar-refractivity contribution in [3.63, 3.8) is 0 Å². The number of carbonyl (C=O) groups is 2. The number of hydrogen-bond acceptors (Lipinski definition) is 5. The third-order valence-electron chi connectivity index (χ3n) is 3.21. The van der Waals surface area contributed by atoms with Crippen molar-refractivity contribution in [1.82, 2.24) is 15.1 Å². The fourth-order valence-corrected chi connectivity index (χ4v) is 2.28. The summed E-state index contributed by atoms with van der Waals surface area (Å²) in [6.07, 6.45) is -1.52. The van der Waals surface area contributed by atoms with Crippen LogP contribution in [0.15, 0.2) is 0 Å². The summed E-state index contributed by atoms with van der Waals surface area (Å²) >= 11 is 0. The number of rotatable bonds is 6. The molecule has 20 heavy (non-hydrogen) atoms. The quantitative estimate of drug-likeness (QED) is 0.475. The molecule has 8 nitrogen and oxygen atoms in total. The molecule has 0 radical (unpaired) electrons. The highest BCUT2D eigenvalue weighted by Crippen LogP contribution is 2.18. The predicted molar refractivity (Wildman–Crippen MR) is 71.3 cm³/mol. The molecule has 1 fully saturated rings. The fraction of sp³-hybridized carbons (Fsp3) is 0.833. The topological polar surface area (TPSA) is 113 Å². The number of nitrogens with zero attached hydrogens (tertiary/aromatic N) is 2. The van der Waals surface area contributed by atoms with Crippen molar-refractivity contribution in [2.45, 2.75) is 31.1 Å². The Bertz CT molecular complexity index is 350. The number of nitrogens with one attached hydrogen (secondary N) is 1. The average molecular weight is 289 g/mol. The van der Waals surface area contributed by atoms with Crippen LogP contribution in [0, 0.1) is 0 Å². The number of β-amino-alcohol motifs (C(OH)–C–C–N with tert-alkyl or cyclic N) is 1. The number of amides is 2. The first-order valence-corrected chi connectivity index (χ1v) is 6.59. The van der Waals surface area contributed by atoms with E-state index in [1.807, 2.05) is 19.0 Å². The second-order valence-corrected chi connectivity index (χ2v) is 5.33. The highest BCUT2D eigenvalue weighted by Gasteiger charge is 2.34. The van der Waals surface area contributed by atoms with E-state index < -0.39 is 18.2 Å². The lowest BCUT2D eigenvalue weighted by molar-refractivity contribution is -0.146. The van der Waals surface area contributed by atoms with Crippen molar-refractivity contribution in [3.05, 3.63) is 0 Å². The first-order valence-electron chi connectivity index (χ1n) is 6.59. The number of carboxylic acid groups (broad SMARTS) is 1. The number of aliphatic hydroxyl groups excluding tert-OH is 2. The Hall–Kier alpha value is -1.38. The second kappa shape index (κ2) is 7.41. The van der Waals surface area contributed by atoms with E-state index in [0.717, 1.165) is 0 Å². The molecule has 2 amide bonds. The molecule has 1 saturated heterocycles. The van der Waals surface area contributed by atoms with E-state index in [0.29, 0.717) is 13.0 Å². The molecule has 1 aliphatic heterocycles. The molecule has 3 atom stereocenters. The number of likely N-dealkylation sites (tertiary alicyclic amines) is 1. The van der Waals surface area contributed by atoms with Gasteiger partial charge in [0.25, 0.3) is 0 Å². The van der Waals surface area contributed by atoms with E-state index in [-0.39, 0.29) is 31.6 Å². The summed E-state index contributed by atoms with van der Waals surface area (Å²) < 4.78 is 0. The number of carboxylic acids is 1. The molecule has 0 aromatic carbocycles. The molecule has 1 aliphatic rings. The number of likely N-dealkylation sites (N-methyl/N-ethyl adjacent to an activating group) is 1. The van der Waals surface area contributed by atoms with Crippen LogP contribution in [0.4, 0.5) is 4.79 Å². The lowest BCUT2D eigenvalue weighted by atomic mass is 10.2. The Morgan fingerprint density at radius 3 is 2.65 bits per heavy atom. The molecule has 2 unspecified atom stereocenters. The summed E-state index contributed by atoms with van der Waals surface area (Å²) in [5.74, 6) is -1.30. The Morgan fingerprint density at radius 2 is 2.10 bits per heavy atom. The molecular formula is C12H23N3O5. The zero-order valence-corrected chi connectivity index (χ0v) is 11.8. The van der Waals surface area contributed by atoms with E-state index in [1.54, 1.807) is 4.90 Å². The van der Waals surface area contributed by atoms with Crippen LogP contribution < -0.4 is 5.32 Å². The Balaban J connectivity index is 2.42. The van der Waals surface area contributed by atoms with Crippen molar-refractivity contribution in [2.75, 3.05) is 33.7 Å². The lowest BCUT2D eigenvalue weighted by Gasteiger charge is -2.27. The summed E-state index contributed by atoms with van der Waals surface area (Å²) in [6.45, 7) is 1.00. The van der Waals surface area contributed by atoms with Gasteiger partial charge < -0.3 is 30.4 Å². The van der Waals surface area contributed by atoms with Crippen LogP contribution in [0.2, 0.25) is 0 Å². The zero-order chi connectivity index (χ0) is 15.3. The molecule has 0 aliphatic carbocycles. The predicted octanol–water partition coefficient (Wildman–Crippen LogP) is -1.47. The molecule has 0 saturated carbocycles. The maximum atomic E-state index is 12.0. The minimum absolute atomic E-state index is 0.0458.